The third-order valence-corrected chi connectivity index (χ3v) is 5.33. The van der Waals surface area contributed by atoms with E-state index in [1.807, 2.05) is 35.5 Å². The summed E-state index contributed by atoms with van der Waals surface area (Å²) in [7, 11) is 0. The number of hydrogen-bond donors (Lipinski definition) is 0. The molecule has 0 spiro atoms. The lowest BCUT2D eigenvalue weighted by atomic mass is 10.1. The fourth-order valence-corrected chi connectivity index (χ4v) is 3.71. The highest BCUT2D eigenvalue weighted by molar-refractivity contribution is 7.09. The van der Waals surface area contributed by atoms with Crippen LogP contribution in [0, 0.1) is 6.92 Å². The molecule has 128 valence electrons. The monoisotopic (exact) mass is 345 g/mol. The summed E-state index contributed by atoms with van der Waals surface area (Å²) in [5.74, 6) is 0.217. The van der Waals surface area contributed by atoms with Crippen LogP contribution >= 0.6 is 11.3 Å². The van der Waals surface area contributed by atoms with Gasteiger partial charge in [0, 0.05) is 30.6 Å². The summed E-state index contributed by atoms with van der Waals surface area (Å²) in [6.45, 7) is 4.03. The minimum atomic E-state index is 0.106. The van der Waals surface area contributed by atoms with Gasteiger partial charge in [0.15, 0.2) is 0 Å². The maximum Gasteiger partial charge on any atom is 0.223 e. The summed E-state index contributed by atoms with van der Waals surface area (Å²) in [5.41, 5.74) is 3.82. The largest absolute Gasteiger partial charge is 0.370 e. The maximum absolute atomic E-state index is 12.5. The van der Waals surface area contributed by atoms with Gasteiger partial charge in [0.2, 0.25) is 5.91 Å². The lowest BCUT2D eigenvalue weighted by Crippen LogP contribution is -2.43. The lowest BCUT2D eigenvalue weighted by Gasteiger charge is -2.32. The average Bonchev–Trinajstić information content (AvgIpc) is 3.04. The van der Waals surface area contributed by atoms with E-state index in [0.29, 0.717) is 19.6 Å². The Morgan fingerprint density at radius 1 is 1.42 bits per heavy atom. The topological polar surface area (TPSA) is 55.3 Å². The molecule has 5 nitrogen and oxygen atoms in total. The van der Waals surface area contributed by atoms with Crippen molar-refractivity contribution in [3.63, 3.8) is 0 Å². The van der Waals surface area contributed by atoms with Crippen molar-refractivity contribution < 1.29 is 9.53 Å². The van der Waals surface area contributed by atoms with Crippen molar-refractivity contribution in [2.75, 3.05) is 13.1 Å². The molecule has 0 aromatic carbocycles. The number of likely N-dealkylation sites (tertiary alicyclic amines) is 1. The first kappa shape index (κ1) is 17.0. The summed E-state index contributed by atoms with van der Waals surface area (Å²) >= 11 is 1.63. The predicted molar refractivity (Wildman–Crippen MR) is 93.8 cm³/mol. The summed E-state index contributed by atoms with van der Waals surface area (Å²) in [4.78, 5) is 24.1. The highest BCUT2D eigenvalue weighted by atomic mass is 32.1. The zero-order chi connectivity index (χ0) is 16.8. The van der Waals surface area contributed by atoms with Crippen LogP contribution in [0.2, 0.25) is 0 Å². The normalized spacial score (nSPS) is 17.9. The van der Waals surface area contributed by atoms with Crippen LogP contribution in [0.4, 0.5) is 0 Å². The summed E-state index contributed by atoms with van der Waals surface area (Å²) < 4.78 is 5.95. The third kappa shape index (κ3) is 4.61. The zero-order valence-corrected chi connectivity index (χ0v) is 14.8. The summed E-state index contributed by atoms with van der Waals surface area (Å²) in [6, 6.07) is 5.82. The van der Waals surface area contributed by atoms with Gasteiger partial charge in [-0.05, 0) is 38.3 Å². The number of hydrogen-bond acceptors (Lipinski definition) is 5. The van der Waals surface area contributed by atoms with Crippen LogP contribution in [0.1, 0.15) is 35.5 Å². The van der Waals surface area contributed by atoms with Gasteiger partial charge in [0.05, 0.1) is 29.6 Å². The van der Waals surface area contributed by atoms with Crippen molar-refractivity contribution in [2.45, 2.75) is 45.3 Å². The number of amides is 1. The average molecular weight is 345 g/mol. The summed E-state index contributed by atoms with van der Waals surface area (Å²) in [6.07, 6.45) is 5.22. The standard InChI is InChI=1S/C18H23N3O2S/c1-14-17(24-13-20-14)7-8-18(22)21-10-4-6-16(11-21)23-12-15-5-2-3-9-19-15/h2-3,5,9,13,16H,4,6-8,10-12H2,1H3/t16-/m1/s1. The van der Waals surface area contributed by atoms with Crippen molar-refractivity contribution in [3.05, 3.63) is 46.2 Å². The number of carbonyl (C=O) groups is 1. The Balaban J connectivity index is 1.46. The predicted octanol–water partition coefficient (Wildman–Crippen LogP) is 2.99. The highest BCUT2D eigenvalue weighted by Crippen LogP contribution is 2.18. The van der Waals surface area contributed by atoms with E-state index < -0.39 is 0 Å². The molecular formula is C18H23N3O2S. The Kier molecular flexibility index (Phi) is 5.93. The Hall–Kier alpha value is -1.79. The van der Waals surface area contributed by atoms with Gasteiger partial charge in [-0.1, -0.05) is 6.07 Å². The van der Waals surface area contributed by atoms with Gasteiger partial charge in [-0.2, -0.15) is 0 Å². The van der Waals surface area contributed by atoms with Crippen LogP contribution in [0.5, 0.6) is 0 Å². The van der Waals surface area contributed by atoms with E-state index in [1.54, 1.807) is 17.5 Å². The molecule has 0 N–H and O–H groups in total. The highest BCUT2D eigenvalue weighted by Gasteiger charge is 2.24. The van der Waals surface area contributed by atoms with E-state index in [4.69, 9.17) is 4.74 Å². The Bertz CT molecular complexity index is 659. The van der Waals surface area contributed by atoms with Crippen LogP contribution in [0.25, 0.3) is 0 Å². The molecule has 0 saturated carbocycles. The minimum absolute atomic E-state index is 0.106. The molecule has 24 heavy (non-hydrogen) atoms. The number of aryl methyl sites for hydroxylation is 2. The van der Waals surface area contributed by atoms with Crippen molar-refractivity contribution >= 4 is 17.2 Å². The molecule has 3 heterocycles. The fourth-order valence-electron chi connectivity index (χ4n) is 2.93. The van der Waals surface area contributed by atoms with Crippen LogP contribution in [0.3, 0.4) is 0 Å². The molecule has 0 radical (unpaired) electrons. The van der Waals surface area contributed by atoms with Gasteiger partial charge in [-0.15, -0.1) is 11.3 Å². The van der Waals surface area contributed by atoms with Gasteiger partial charge >= 0.3 is 0 Å². The van der Waals surface area contributed by atoms with Crippen LogP contribution in [-0.4, -0.2) is 40.0 Å². The fraction of sp³-hybridized carbons (Fsp3) is 0.500. The van der Waals surface area contributed by atoms with Crippen LogP contribution in [0.15, 0.2) is 29.9 Å². The van der Waals surface area contributed by atoms with E-state index >= 15 is 0 Å². The number of carbonyl (C=O) groups excluding carboxylic acids is 1. The van der Waals surface area contributed by atoms with Crippen molar-refractivity contribution in [1.82, 2.24) is 14.9 Å². The zero-order valence-electron chi connectivity index (χ0n) is 14.0. The Morgan fingerprint density at radius 2 is 2.33 bits per heavy atom. The smallest absolute Gasteiger partial charge is 0.223 e. The molecule has 6 heteroatoms. The third-order valence-electron chi connectivity index (χ3n) is 4.33. The molecular weight excluding hydrogens is 322 g/mol. The summed E-state index contributed by atoms with van der Waals surface area (Å²) in [5, 5.41) is 0. The minimum Gasteiger partial charge on any atom is -0.370 e. The van der Waals surface area contributed by atoms with Crippen LogP contribution < -0.4 is 0 Å². The molecule has 2 aromatic rings. The van der Waals surface area contributed by atoms with Gasteiger partial charge in [-0.3, -0.25) is 9.78 Å². The van der Waals surface area contributed by atoms with E-state index in [2.05, 4.69) is 9.97 Å². The molecule has 1 fully saturated rings. The van der Waals surface area contributed by atoms with Gasteiger partial charge in [0.25, 0.3) is 0 Å². The molecule has 1 amide bonds. The second-order valence-electron chi connectivity index (χ2n) is 6.10. The number of piperidine rings is 1. The van der Waals surface area contributed by atoms with Crippen LogP contribution in [-0.2, 0) is 22.6 Å². The molecule has 1 aliphatic heterocycles. The number of rotatable bonds is 6. The second-order valence-corrected chi connectivity index (χ2v) is 7.04. The first-order valence-electron chi connectivity index (χ1n) is 8.40. The van der Waals surface area contributed by atoms with E-state index in [9.17, 15) is 4.79 Å². The lowest BCUT2D eigenvalue weighted by molar-refractivity contribution is -0.135. The molecule has 2 aromatic heterocycles. The van der Waals surface area contributed by atoms with Gasteiger partial charge < -0.3 is 9.64 Å². The van der Waals surface area contributed by atoms with E-state index in [1.165, 1.54) is 4.88 Å². The number of aromatic nitrogens is 2. The maximum atomic E-state index is 12.5. The second kappa shape index (κ2) is 8.35. The molecule has 0 unspecified atom stereocenters. The SMILES string of the molecule is Cc1ncsc1CCC(=O)N1CCC[C@@H](OCc2ccccn2)C1. The van der Waals surface area contributed by atoms with Gasteiger partial charge in [0.1, 0.15) is 0 Å². The van der Waals surface area contributed by atoms with E-state index in [-0.39, 0.29) is 12.0 Å². The number of ether oxygens (including phenoxy) is 1. The molecule has 0 bridgehead atoms. The van der Waals surface area contributed by atoms with Crippen molar-refractivity contribution in [1.29, 1.82) is 0 Å². The van der Waals surface area contributed by atoms with Gasteiger partial charge in [-0.25, -0.2) is 4.98 Å². The molecule has 1 aliphatic rings. The van der Waals surface area contributed by atoms with E-state index in [0.717, 1.165) is 37.2 Å². The molecule has 0 aliphatic carbocycles. The molecule has 3 rings (SSSR count). The quantitative estimate of drug-likeness (QED) is 0.808. The Labute approximate surface area is 146 Å². The number of thiazole rings is 1. The first-order chi connectivity index (χ1) is 11.7. The number of nitrogens with zero attached hydrogens (tertiary/aromatic N) is 3. The van der Waals surface area contributed by atoms with Crippen molar-refractivity contribution in [2.24, 2.45) is 0 Å². The molecule has 1 atom stereocenters. The first-order valence-corrected chi connectivity index (χ1v) is 9.28. The van der Waals surface area contributed by atoms with Crippen molar-refractivity contribution in [3.8, 4) is 0 Å². The molecule has 1 saturated heterocycles. The number of pyridine rings is 1. The Morgan fingerprint density at radius 3 is 3.08 bits per heavy atom.